The van der Waals surface area contributed by atoms with Crippen molar-refractivity contribution in [3.05, 3.63) is 32.3 Å². The summed E-state index contributed by atoms with van der Waals surface area (Å²) < 4.78 is 7.56. The van der Waals surface area contributed by atoms with Crippen LogP contribution in [0.1, 0.15) is 46.0 Å². The molecule has 0 bridgehead atoms. The van der Waals surface area contributed by atoms with E-state index in [9.17, 15) is 4.79 Å². The van der Waals surface area contributed by atoms with Crippen LogP contribution < -0.4 is 0 Å². The number of carbonyl (C=O) groups excluding carboxylic acids is 1. The van der Waals surface area contributed by atoms with Crippen LogP contribution in [0.2, 0.25) is 0 Å². The Balaban J connectivity index is 2.94. The summed E-state index contributed by atoms with van der Waals surface area (Å²) in [4.78, 5) is 14.8. The van der Waals surface area contributed by atoms with E-state index in [0.717, 1.165) is 31.3 Å². The van der Waals surface area contributed by atoms with Crippen molar-refractivity contribution < 1.29 is 9.53 Å². The van der Waals surface area contributed by atoms with E-state index in [1.54, 1.807) is 0 Å². The Bertz CT molecular complexity index is 456. The van der Waals surface area contributed by atoms with E-state index in [1.165, 1.54) is 0 Å². The second kappa shape index (κ2) is 9.84. The standard InChI is InChI=1S/C15H22IN3O2/c1-11-8-9-13(18-19-17)6-4-3-5-7-14(20)21-15(11)12(2)10-16/h8-11,13,15H,3-7H2,1-2H3/b9-8+,12-10+/t11-,13+,15-/m0/s1. The van der Waals surface area contributed by atoms with Crippen LogP contribution in [0.15, 0.2) is 26.9 Å². The van der Waals surface area contributed by atoms with Crippen LogP contribution in [0.5, 0.6) is 0 Å². The quantitative estimate of drug-likeness (QED) is 0.161. The number of nitrogens with zero attached hydrogens (tertiary/aromatic N) is 3. The van der Waals surface area contributed by atoms with Crippen molar-refractivity contribution >= 4 is 28.6 Å². The minimum atomic E-state index is -0.253. The zero-order chi connectivity index (χ0) is 15.7. The smallest absolute Gasteiger partial charge is 0.306 e. The number of hydrogen-bond donors (Lipinski definition) is 0. The summed E-state index contributed by atoms with van der Waals surface area (Å²) in [6.45, 7) is 3.97. The van der Waals surface area contributed by atoms with Crippen molar-refractivity contribution in [3.8, 4) is 0 Å². The first-order chi connectivity index (χ1) is 10.1. The molecule has 116 valence electrons. The van der Waals surface area contributed by atoms with Gasteiger partial charge in [-0.15, -0.1) is 0 Å². The SMILES string of the molecule is C/C(=C\I)[C@H]1OC(=O)CCCCC[C@@H](N=[N+]=[N-])/C=C/[C@@H]1C. The van der Waals surface area contributed by atoms with Crippen LogP contribution in [-0.2, 0) is 9.53 Å². The molecule has 1 aliphatic rings. The Morgan fingerprint density at radius 2 is 2.24 bits per heavy atom. The van der Waals surface area contributed by atoms with Gasteiger partial charge >= 0.3 is 5.97 Å². The molecule has 0 radical (unpaired) electrons. The molecule has 1 rings (SSSR count). The van der Waals surface area contributed by atoms with Gasteiger partial charge in [-0.05, 0) is 35.0 Å². The Morgan fingerprint density at radius 3 is 2.90 bits per heavy atom. The Morgan fingerprint density at radius 1 is 1.48 bits per heavy atom. The monoisotopic (exact) mass is 403 g/mol. The number of halogens is 1. The molecular formula is C15H22IN3O2. The minimum absolute atomic E-state index is 0.0517. The van der Waals surface area contributed by atoms with Gasteiger partial charge in [0.05, 0.1) is 6.04 Å². The lowest BCUT2D eigenvalue weighted by atomic mass is 9.96. The third-order valence-electron chi connectivity index (χ3n) is 3.57. The summed E-state index contributed by atoms with van der Waals surface area (Å²) in [5.41, 5.74) is 9.66. The summed E-state index contributed by atoms with van der Waals surface area (Å²) in [6.07, 6.45) is 7.67. The molecule has 0 aromatic carbocycles. The lowest BCUT2D eigenvalue weighted by molar-refractivity contribution is -0.148. The molecule has 1 aliphatic heterocycles. The van der Waals surface area contributed by atoms with Gasteiger partial charge in [0.25, 0.3) is 0 Å². The molecule has 0 aromatic heterocycles. The fourth-order valence-electron chi connectivity index (χ4n) is 2.34. The molecule has 0 fully saturated rings. The van der Waals surface area contributed by atoms with Crippen molar-refractivity contribution in [1.29, 1.82) is 0 Å². The predicted molar refractivity (Wildman–Crippen MR) is 92.0 cm³/mol. The second-order valence-electron chi connectivity index (χ2n) is 5.38. The van der Waals surface area contributed by atoms with Crippen molar-refractivity contribution in [3.63, 3.8) is 0 Å². The number of cyclic esters (lactones) is 1. The van der Waals surface area contributed by atoms with Gasteiger partial charge in [0.1, 0.15) is 6.10 Å². The largest absolute Gasteiger partial charge is 0.457 e. The molecule has 0 saturated carbocycles. The average molecular weight is 403 g/mol. The van der Waals surface area contributed by atoms with E-state index in [0.29, 0.717) is 6.42 Å². The van der Waals surface area contributed by atoms with E-state index < -0.39 is 0 Å². The number of hydrogen-bond acceptors (Lipinski definition) is 3. The van der Waals surface area contributed by atoms with Gasteiger partial charge < -0.3 is 4.74 Å². The normalized spacial score (nSPS) is 30.3. The summed E-state index contributed by atoms with van der Waals surface area (Å²) in [7, 11) is 0. The maximum absolute atomic E-state index is 11.9. The molecule has 1 heterocycles. The van der Waals surface area contributed by atoms with E-state index in [1.807, 2.05) is 30.1 Å². The summed E-state index contributed by atoms with van der Waals surface area (Å²) in [5.74, 6) is -0.0826. The Hall–Kier alpha value is -1.01. The highest BCUT2D eigenvalue weighted by molar-refractivity contribution is 14.1. The zero-order valence-corrected chi connectivity index (χ0v) is 14.7. The molecule has 0 amide bonds. The van der Waals surface area contributed by atoms with Crippen molar-refractivity contribution in [2.45, 2.75) is 58.1 Å². The van der Waals surface area contributed by atoms with Gasteiger partial charge in [0.2, 0.25) is 0 Å². The van der Waals surface area contributed by atoms with Gasteiger partial charge in [-0.3, -0.25) is 4.79 Å². The minimum Gasteiger partial charge on any atom is -0.457 e. The Labute approximate surface area is 139 Å². The van der Waals surface area contributed by atoms with Crippen molar-refractivity contribution in [1.82, 2.24) is 0 Å². The third-order valence-corrected chi connectivity index (χ3v) is 4.56. The molecule has 3 atom stereocenters. The first-order valence-electron chi connectivity index (χ1n) is 7.27. The van der Waals surface area contributed by atoms with E-state index in [-0.39, 0.29) is 24.0 Å². The molecular weight excluding hydrogens is 381 g/mol. The number of ether oxygens (including phenoxy) is 1. The van der Waals surface area contributed by atoms with Crippen molar-refractivity contribution in [2.75, 3.05) is 0 Å². The predicted octanol–water partition coefficient (Wildman–Crippen LogP) is 5.07. The van der Waals surface area contributed by atoms with Crippen LogP contribution >= 0.6 is 22.6 Å². The third kappa shape index (κ3) is 6.52. The molecule has 0 aromatic rings. The molecule has 0 unspecified atom stereocenters. The molecule has 0 saturated heterocycles. The van der Waals surface area contributed by atoms with Crippen LogP contribution in [0.25, 0.3) is 10.4 Å². The average Bonchev–Trinajstić information content (AvgIpc) is 2.47. The number of rotatable bonds is 2. The summed E-state index contributed by atoms with van der Waals surface area (Å²) in [5, 5.41) is 3.82. The summed E-state index contributed by atoms with van der Waals surface area (Å²) >= 11 is 2.16. The number of esters is 1. The maximum Gasteiger partial charge on any atom is 0.306 e. The zero-order valence-electron chi connectivity index (χ0n) is 12.5. The van der Waals surface area contributed by atoms with Crippen molar-refractivity contribution in [2.24, 2.45) is 11.0 Å². The van der Waals surface area contributed by atoms with Gasteiger partial charge in [-0.2, -0.15) is 0 Å². The van der Waals surface area contributed by atoms with E-state index >= 15 is 0 Å². The lowest BCUT2D eigenvalue weighted by Crippen LogP contribution is -2.25. The number of azide groups is 1. The van der Waals surface area contributed by atoms with Crippen LogP contribution in [0.3, 0.4) is 0 Å². The Kier molecular flexibility index (Phi) is 8.45. The summed E-state index contributed by atoms with van der Waals surface area (Å²) in [6, 6.07) is -0.114. The first-order valence-corrected chi connectivity index (χ1v) is 8.52. The van der Waals surface area contributed by atoms with E-state index in [2.05, 4.69) is 32.6 Å². The molecule has 5 nitrogen and oxygen atoms in total. The topological polar surface area (TPSA) is 75.1 Å². The highest BCUT2D eigenvalue weighted by Gasteiger charge is 2.22. The van der Waals surface area contributed by atoms with Gasteiger partial charge in [0, 0.05) is 17.3 Å². The fourth-order valence-corrected chi connectivity index (χ4v) is 2.69. The number of carbonyl (C=O) groups is 1. The van der Waals surface area contributed by atoms with Gasteiger partial charge in [0.15, 0.2) is 0 Å². The molecule has 0 aliphatic carbocycles. The second-order valence-corrected chi connectivity index (χ2v) is 6.00. The lowest BCUT2D eigenvalue weighted by Gasteiger charge is -2.23. The van der Waals surface area contributed by atoms with Gasteiger partial charge in [-0.1, -0.05) is 59.6 Å². The highest BCUT2D eigenvalue weighted by atomic mass is 127. The fraction of sp³-hybridized carbons (Fsp3) is 0.667. The van der Waals surface area contributed by atoms with Gasteiger partial charge in [-0.25, -0.2) is 0 Å². The molecule has 6 heteroatoms. The van der Waals surface area contributed by atoms with E-state index in [4.69, 9.17) is 10.3 Å². The van der Waals surface area contributed by atoms with Crippen LogP contribution in [0.4, 0.5) is 0 Å². The molecule has 0 spiro atoms. The molecule has 0 N–H and O–H groups in total. The first kappa shape index (κ1) is 18.0. The molecule has 21 heavy (non-hydrogen) atoms. The highest BCUT2D eigenvalue weighted by Crippen LogP contribution is 2.22. The van der Waals surface area contributed by atoms with Crippen LogP contribution in [-0.4, -0.2) is 18.1 Å². The van der Waals surface area contributed by atoms with Crippen LogP contribution in [0, 0.1) is 5.92 Å². The maximum atomic E-state index is 11.9.